The Morgan fingerprint density at radius 1 is 1.29 bits per heavy atom. The summed E-state index contributed by atoms with van der Waals surface area (Å²) < 4.78 is 6.64. The monoisotopic (exact) mass is 343 g/mol. The summed E-state index contributed by atoms with van der Waals surface area (Å²) in [5.41, 5.74) is 0.519. The zero-order valence-corrected chi connectivity index (χ0v) is 14.5. The fourth-order valence-corrected chi connectivity index (χ4v) is 3.16. The standard InChI is InChI=1S/C17H17N3O3S/c1-11-9-14(21)20-16(18-11)24-13(19-20)10-23-15(22)17(2,3)12-7-5-4-6-8-12/h4-9H,10H2,1-3H3. The van der Waals surface area contributed by atoms with Gasteiger partial charge in [0.1, 0.15) is 6.61 Å². The van der Waals surface area contributed by atoms with E-state index in [4.69, 9.17) is 4.74 Å². The fraction of sp³-hybridized carbons (Fsp3) is 0.294. The smallest absolute Gasteiger partial charge is 0.316 e. The van der Waals surface area contributed by atoms with Gasteiger partial charge in [-0.15, -0.1) is 0 Å². The van der Waals surface area contributed by atoms with E-state index in [-0.39, 0.29) is 18.1 Å². The minimum Gasteiger partial charge on any atom is -0.458 e. The molecule has 0 radical (unpaired) electrons. The van der Waals surface area contributed by atoms with Crippen molar-refractivity contribution in [2.45, 2.75) is 32.8 Å². The molecule has 0 saturated heterocycles. The predicted molar refractivity (Wildman–Crippen MR) is 91.1 cm³/mol. The van der Waals surface area contributed by atoms with Crippen molar-refractivity contribution < 1.29 is 9.53 Å². The van der Waals surface area contributed by atoms with Crippen LogP contribution in [0.25, 0.3) is 4.96 Å². The quantitative estimate of drug-likeness (QED) is 0.681. The second-order valence-electron chi connectivity index (χ2n) is 5.99. The first-order valence-corrected chi connectivity index (χ1v) is 8.29. The Morgan fingerprint density at radius 3 is 2.71 bits per heavy atom. The Balaban J connectivity index is 1.77. The van der Waals surface area contributed by atoms with Crippen LogP contribution in [0.4, 0.5) is 0 Å². The molecule has 0 saturated carbocycles. The van der Waals surface area contributed by atoms with Gasteiger partial charge in [-0.2, -0.15) is 9.61 Å². The summed E-state index contributed by atoms with van der Waals surface area (Å²) in [5, 5.41) is 4.69. The van der Waals surface area contributed by atoms with E-state index in [1.165, 1.54) is 21.9 Å². The van der Waals surface area contributed by atoms with Crippen LogP contribution >= 0.6 is 11.3 Å². The van der Waals surface area contributed by atoms with Gasteiger partial charge in [0.15, 0.2) is 5.01 Å². The van der Waals surface area contributed by atoms with Crippen LogP contribution in [0.5, 0.6) is 0 Å². The Labute approximate surface area is 142 Å². The average molecular weight is 343 g/mol. The van der Waals surface area contributed by atoms with Crippen molar-refractivity contribution in [3.8, 4) is 0 Å². The molecule has 2 heterocycles. The van der Waals surface area contributed by atoms with Crippen LogP contribution in [-0.4, -0.2) is 20.6 Å². The lowest BCUT2D eigenvalue weighted by atomic mass is 9.85. The molecule has 7 heteroatoms. The van der Waals surface area contributed by atoms with E-state index in [0.717, 1.165) is 5.56 Å². The first-order chi connectivity index (χ1) is 11.4. The Morgan fingerprint density at radius 2 is 2.00 bits per heavy atom. The van der Waals surface area contributed by atoms with Crippen LogP contribution in [0.2, 0.25) is 0 Å². The van der Waals surface area contributed by atoms with Crippen LogP contribution in [0.15, 0.2) is 41.2 Å². The molecule has 0 bridgehead atoms. The molecule has 0 aliphatic heterocycles. The van der Waals surface area contributed by atoms with Gasteiger partial charge in [0.05, 0.1) is 5.41 Å². The number of nitrogens with zero attached hydrogens (tertiary/aromatic N) is 3. The summed E-state index contributed by atoms with van der Waals surface area (Å²) in [5.74, 6) is -0.343. The lowest BCUT2D eigenvalue weighted by Crippen LogP contribution is -2.31. The summed E-state index contributed by atoms with van der Waals surface area (Å²) in [6.45, 7) is 5.40. The van der Waals surface area contributed by atoms with E-state index in [2.05, 4.69) is 10.1 Å². The van der Waals surface area contributed by atoms with Gasteiger partial charge in [0.25, 0.3) is 5.56 Å². The van der Waals surface area contributed by atoms with E-state index in [1.54, 1.807) is 6.92 Å². The van der Waals surface area contributed by atoms with Crippen LogP contribution in [0.1, 0.15) is 30.1 Å². The zero-order chi connectivity index (χ0) is 17.3. The number of fused-ring (bicyclic) bond motifs is 1. The second kappa shape index (κ2) is 6.16. The highest BCUT2D eigenvalue weighted by atomic mass is 32.1. The molecule has 0 N–H and O–H groups in total. The van der Waals surface area contributed by atoms with Gasteiger partial charge in [-0.1, -0.05) is 41.7 Å². The molecule has 3 aromatic rings. The molecule has 0 aliphatic carbocycles. The summed E-state index contributed by atoms with van der Waals surface area (Å²) in [4.78, 5) is 29.1. The molecule has 0 spiro atoms. The number of hydrogen-bond donors (Lipinski definition) is 0. The van der Waals surface area contributed by atoms with E-state index >= 15 is 0 Å². The largest absolute Gasteiger partial charge is 0.458 e. The number of benzene rings is 1. The maximum atomic E-state index is 12.4. The van der Waals surface area contributed by atoms with Crippen LogP contribution in [-0.2, 0) is 21.6 Å². The number of aromatic nitrogens is 3. The van der Waals surface area contributed by atoms with Gasteiger partial charge in [-0.3, -0.25) is 9.59 Å². The van der Waals surface area contributed by atoms with E-state index in [1.807, 2.05) is 44.2 Å². The number of aryl methyl sites for hydroxylation is 1. The fourth-order valence-electron chi connectivity index (χ4n) is 2.30. The molecule has 0 unspecified atom stereocenters. The third-order valence-electron chi connectivity index (χ3n) is 3.75. The highest BCUT2D eigenvalue weighted by molar-refractivity contribution is 7.16. The number of carbonyl (C=O) groups excluding carboxylic acids is 1. The lowest BCUT2D eigenvalue weighted by Gasteiger charge is -2.22. The topological polar surface area (TPSA) is 73.6 Å². The number of ether oxygens (including phenoxy) is 1. The average Bonchev–Trinajstić information content (AvgIpc) is 2.96. The number of hydrogen-bond acceptors (Lipinski definition) is 6. The molecule has 6 nitrogen and oxygen atoms in total. The summed E-state index contributed by atoms with van der Waals surface area (Å²) in [7, 11) is 0. The number of carbonyl (C=O) groups is 1. The van der Waals surface area contributed by atoms with Gasteiger partial charge >= 0.3 is 5.97 Å². The van der Waals surface area contributed by atoms with Gasteiger partial charge in [-0.05, 0) is 26.3 Å². The summed E-state index contributed by atoms with van der Waals surface area (Å²) >= 11 is 1.24. The maximum Gasteiger partial charge on any atom is 0.316 e. The number of rotatable bonds is 4. The van der Waals surface area contributed by atoms with Crippen molar-refractivity contribution in [2.75, 3.05) is 0 Å². The molecular formula is C17H17N3O3S. The molecule has 1 aromatic carbocycles. The SMILES string of the molecule is Cc1cc(=O)n2nc(COC(=O)C(C)(C)c3ccccc3)sc2n1. The van der Waals surface area contributed by atoms with Crippen molar-refractivity contribution in [3.05, 3.63) is 63.0 Å². The van der Waals surface area contributed by atoms with Crippen LogP contribution in [0.3, 0.4) is 0 Å². The highest BCUT2D eigenvalue weighted by Crippen LogP contribution is 2.25. The number of esters is 1. The molecule has 124 valence electrons. The molecular weight excluding hydrogens is 326 g/mol. The minimum atomic E-state index is -0.760. The van der Waals surface area contributed by atoms with E-state index in [9.17, 15) is 9.59 Å². The van der Waals surface area contributed by atoms with Crippen LogP contribution in [0, 0.1) is 6.92 Å². The molecule has 3 rings (SSSR count). The molecule has 0 fully saturated rings. The molecule has 24 heavy (non-hydrogen) atoms. The molecule has 2 aromatic heterocycles. The molecule has 0 aliphatic rings. The van der Waals surface area contributed by atoms with E-state index < -0.39 is 5.41 Å². The van der Waals surface area contributed by atoms with Gasteiger partial charge in [0.2, 0.25) is 4.96 Å². The predicted octanol–water partition coefficient (Wildman–Crippen LogP) is 2.48. The highest BCUT2D eigenvalue weighted by Gasteiger charge is 2.31. The molecule has 0 atom stereocenters. The van der Waals surface area contributed by atoms with Gasteiger partial charge < -0.3 is 4.74 Å². The Hall–Kier alpha value is -2.54. The van der Waals surface area contributed by atoms with Crippen molar-refractivity contribution in [1.82, 2.24) is 14.6 Å². The van der Waals surface area contributed by atoms with Crippen molar-refractivity contribution in [3.63, 3.8) is 0 Å². The maximum absolute atomic E-state index is 12.4. The minimum absolute atomic E-state index is 0.0155. The van der Waals surface area contributed by atoms with Crippen molar-refractivity contribution in [1.29, 1.82) is 0 Å². The first-order valence-electron chi connectivity index (χ1n) is 7.47. The zero-order valence-electron chi connectivity index (χ0n) is 13.6. The summed E-state index contributed by atoms with van der Waals surface area (Å²) in [6, 6.07) is 10.9. The van der Waals surface area contributed by atoms with Gasteiger partial charge in [-0.25, -0.2) is 4.98 Å². The third kappa shape index (κ3) is 3.07. The second-order valence-corrected chi connectivity index (χ2v) is 7.03. The summed E-state index contributed by atoms with van der Waals surface area (Å²) in [6.07, 6.45) is 0. The van der Waals surface area contributed by atoms with Crippen molar-refractivity contribution >= 4 is 22.3 Å². The molecule has 0 amide bonds. The van der Waals surface area contributed by atoms with Gasteiger partial charge in [0, 0.05) is 11.8 Å². The van der Waals surface area contributed by atoms with Crippen LogP contribution < -0.4 is 5.56 Å². The Kier molecular flexibility index (Phi) is 4.19. The Bertz CT molecular complexity index is 945. The normalized spacial score (nSPS) is 11.6. The van der Waals surface area contributed by atoms with Crippen molar-refractivity contribution in [2.24, 2.45) is 0 Å². The third-order valence-corrected chi connectivity index (χ3v) is 4.63. The lowest BCUT2D eigenvalue weighted by molar-refractivity contribution is -0.150. The van der Waals surface area contributed by atoms with E-state index in [0.29, 0.717) is 15.7 Å². The first kappa shape index (κ1) is 16.3.